The Bertz CT molecular complexity index is 809. The largest absolute Gasteiger partial charge is 0.340 e. The number of nitrogens with one attached hydrogen (secondary N) is 2. The van der Waals surface area contributed by atoms with Crippen LogP contribution in [0, 0.1) is 0 Å². The van der Waals surface area contributed by atoms with Crippen molar-refractivity contribution in [3.63, 3.8) is 0 Å². The van der Waals surface area contributed by atoms with Crippen molar-refractivity contribution in [2.75, 3.05) is 13.1 Å². The summed E-state index contributed by atoms with van der Waals surface area (Å²) < 4.78 is 0. The van der Waals surface area contributed by atoms with Crippen molar-refractivity contribution in [1.29, 1.82) is 0 Å². The normalized spacial score (nSPS) is 17.8. The van der Waals surface area contributed by atoms with Gasteiger partial charge in [0, 0.05) is 36.5 Å². The molecule has 0 bridgehead atoms. The van der Waals surface area contributed by atoms with E-state index in [1.54, 1.807) is 12.5 Å². The fourth-order valence-corrected chi connectivity index (χ4v) is 3.34. The molecule has 1 unspecified atom stereocenters. The molecule has 122 valence electrons. The summed E-state index contributed by atoms with van der Waals surface area (Å²) in [6.07, 6.45) is 5.41. The maximum atomic E-state index is 13.0. The number of benzene rings is 1. The summed E-state index contributed by atoms with van der Waals surface area (Å²) in [6, 6.07) is 11.8. The summed E-state index contributed by atoms with van der Waals surface area (Å²) in [5.74, 6) is 0.323. The van der Waals surface area contributed by atoms with Crippen LogP contribution in [0.5, 0.6) is 0 Å². The number of amides is 1. The number of likely N-dealkylation sites (tertiary alicyclic amines) is 1. The van der Waals surface area contributed by atoms with Crippen molar-refractivity contribution >= 4 is 5.91 Å². The Hall–Kier alpha value is -2.89. The molecule has 2 aromatic heterocycles. The zero-order valence-electron chi connectivity index (χ0n) is 13.3. The third-order valence-electron chi connectivity index (χ3n) is 4.57. The second-order valence-electron chi connectivity index (χ2n) is 6.09. The lowest BCUT2D eigenvalue weighted by Gasteiger charge is -2.32. The van der Waals surface area contributed by atoms with Crippen LogP contribution in [-0.2, 0) is 0 Å². The molecule has 0 spiro atoms. The topological polar surface area (TPSA) is 77.7 Å². The Morgan fingerprint density at radius 2 is 2.08 bits per heavy atom. The molecule has 1 aromatic carbocycles. The summed E-state index contributed by atoms with van der Waals surface area (Å²) in [6.45, 7) is 1.48. The van der Waals surface area contributed by atoms with Gasteiger partial charge in [-0.25, -0.2) is 4.98 Å². The first-order valence-electron chi connectivity index (χ1n) is 8.20. The van der Waals surface area contributed by atoms with Crippen LogP contribution in [0.3, 0.4) is 0 Å². The maximum absolute atomic E-state index is 13.0. The number of piperidine rings is 1. The predicted octanol–water partition coefficient (Wildman–Crippen LogP) is 2.82. The van der Waals surface area contributed by atoms with Crippen molar-refractivity contribution in [3.8, 4) is 11.3 Å². The van der Waals surface area contributed by atoms with Gasteiger partial charge in [0.1, 0.15) is 11.4 Å². The lowest BCUT2D eigenvalue weighted by Crippen LogP contribution is -2.39. The number of aromatic nitrogens is 4. The van der Waals surface area contributed by atoms with Gasteiger partial charge in [-0.3, -0.25) is 9.89 Å². The lowest BCUT2D eigenvalue weighted by molar-refractivity contribution is 0.0701. The Morgan fingerprint density at radius 1 is 1.21 bits per heavy atom. The molecule has 1 atom stereocenters. The maximum Gasteiger partial charge on any atom is 0.272 e. The SMILES string of the molecule is O=C(c1[nH]cnc1-c1ccccc1)N1CCCC(c2ccn[nH]2)C1. The molecule has 1 amide bonds. The average molecular weight is 321 g/mol. The van der Waals surface area contributed by atoms with Gasteiger partial charge in [0.15, 0.2) is 0 Å². The van der Waals surface area contributed by atoms with Gasteiger partial charge in [-0.15, -0.1) is 0 Å². The molecule has 3 aromatic rings. The van der Waals surface area contributed by atoms with Crippen molar-refractivity contribution < 1.29 is 4.79 Å². The third-order valence-corrected chi connectivity index (χ3v) is 4.57. The van der Waals surface area contributed by atoms with Gasteiger partial charge in [0.2, 0.25) is 0 Å². The highest BCUT2D eigenvalue weighted by atomic mass is 16.2. The smallest absolute Gasteiger partial charge is 0.272 e. The number of carbonyl (C=O) groups is 1. The second-order valence-corrected chi connectivity index (χ2v) is 6.09. The number of rotatable bonds is 3. The van der Waals surface area contributed by atoms with Gasteiger partial charge in [0.25, 0.3) is 5.91 Å². The summed E-state index contributed by atoms with van der Waals surface area (Å²) in [7, 11) is 0. The van der Waals surface area contributed by atoms with Crippen LogP contribution in [0.15, 0.2) is 48.9 Å². The molecule has 0 aliphatic carbocycles. The quantitative estimate of drug-likeness (QED) is 0.778. The average Bonchev–Trinajstić information content (AvgIpc) is 3.34. The number of H-pyrrole nitrogens is 2. The Labute approximate surface area is 139 Å². The predicted molar refractivity (Wildman–Crippen MR) is 90.5 cm³/mol. The van der Waals surface area contributed by atoms with Gasteiger partial charge >= 0.3 is 0 Å². The molecule has 1 fully saturated rings. The van der Waals surface area contributed by atoms with E-state index in [1.807, 2.05) is 41.3 Å². The fraction of sp³-hybridized carbons (Fsp3) is 0.278. The monoisotopic (exact) mass is 321 g/mol. The molecule has 1 aliphatic heterocycles. The fourth-order valence-electron chi connectivity index (χ4n) is 3.34. The Morgan fingerprint density at radius 3 is 2.88 bits per heavy atom. The number of imidazole rings is 1. The highest BCUT2D eigenvalue weighted by molar-refractivity contribution is 5.98. The minimum Gasteiger partial charge on any atom is -0.340 e. The summed E-state index contributed by atoms with van der Waals surface area (Å²) in [4.78, 5) is 22.3. The molecule has 6 nitrogen and oxygen atoms in total. The van der Waals surface area contributed by atoms with Crippen molar-refractivity contribution in [1.82, 2.24) is 25.1 Å². The molecular formula is C18H19N5O. The van der Waals surface area contributed by atoms with E-state index in [4.69, 9.17) is 0 Å². The summed E-state index contributed by atoms with van der Waals surface area (Å²) in [5, 5.41) is 7.06. The first kappa shape index (κ1) is 14.7. The van der Waals surface area contributed by atoms with Crippen LogP contribution in [0.2, 0.25) is 0 Å². The number of hydrogen-bond donors (Lipinski definition) is 2. The van der Waals surface area contributed by atoms with Gasteiger partial charge < -0.3 is 9.88 Å². The molecule has 0 radical (unpaired) electrons. The van der Waals surface area contributed by atoms with Crippen molar-refractivity contribution in [2.45, 2.75) is 18.8 Å². The molecule has 3 heterocycles. The molecule has 24 heavy (non-hydrogen) atoms. The van der Waals surface area contributed by atoms with E-state index in [0.29, 0.717) is 23.9 Å². The first-order valence-corrected chi connectivity index (χ1v) is 8.20. The molecule has 2 N–H and O–H groups in total. The van der Waals surface area contributed by atoms with Crippen LogP contribution in [-0.4, -0.2) is 44.1 Å². The molecule has 6 heteroatoms. The van der Waals surface area contributed by atoms with Crippen LogP contribution < -0.4 is 0 Å². The van der Waals surface area contributed by atoms with E-state index < -0.39 is 0 Å². The van der Waals surface area contributed by atoms with Crippen molar-refractivity contribution in [2.24, 2.45) is 0 Å². The van der Waals surface area contributed by atoms with Crippen molar-refractivity contribution in [3.05, 3.63) is 60.3 Å². The highest BCUT2D eigenvalue weighted by Crippen LogP contribution is 2.28. The number of hydrogen-bond acceptors (Lipinski definition) is 3. The van der Waals surface area contributed by atoms with Crippen LogP contribution >= 0.6 is 0 Å². The Kier molecular flexibility index (Phi) is 3.86. The molecule has 1 aliphatic rings. The minimum atomic E-state index is 0.00979. The molecule has 1 saturated heterocycles. The summed E-state index contributed by atoms with van der Waals surface area (Å²) >= 11 is 0. The molecule has 4 rings (SSSR count). The number of carbonyl (C=O) groups excluding carboxylic acids is 1. The zero-order valence-corrected chi connectivity index (χ0v) is 13.3. The third kappa shape index (κ3) is 2.71. The van der Waals surface area contributed by atoms with E-state index in [1.165, 1.54) is 0 Å². The molecular weight excluding hydrogens is 302 g/mol. The highest BCUT2D eigenvalue weighted by Gasteiger charge is 2.28. The van der Waals surface area contributed by atoms with Gasteiger partial charge in [0.05, 0.1) is 6.33 Å². The van der Waals surface area contributed by atoms with Gasteiger partial charge in [-0.05, 0) is 18.9 Å². The number of nitrogens with zero attached hydrogens (tertiary/aromatic N) is 3. The first-order chi connectivity index (χ1) is 11.8. The van der Waals surface area contributed by atoms with Gasteiger partial charge in [-0.2, -0.15) is 5.10 Å². The lowest BCUT2D eigenvalue weighted by atomic mass is 9.94. The summed E-state index contributed by atoms with van der Waals surface area (Å²) in [5.41, 5.74) is 3.32. The van der Waals surface area contributed by atoms with E-state index in [9.17, 15) is 4.79 Å². The van der Waals surface area contributed by atoms with E-state index in [0.717, 1.165) is 30.6 Å². The molecule has 0 saturated carbocycles. The van der Waals surface area contributed by atoms with Gasteiger partial charge in [-0.1, -0.05) is 30.3 Å². The number of aromatic amines is 2. The van der Waals surface area contributed by atoms with Crippen LogP contribution in [0.25, 0.3) is 11.3 Å². The Balaban J connectivity index is 1.57. The zero-order chi connectivity index (χ0) is 16.4. The standard InChI is InChI=1S/C18H19N5O/c24-18(17-16(19-12-20-17)13-5-2-1-3-6-13)23-10-4-7-14(11-23)15-8-9-21-22-15/h1-3,5-6,8-9,12,14H,4,7,10-11H2,(H,19,20)(H,21,22). The van der Waals surface area contributed by atoms with Crippen LogP contribution in [0.4, 0.5) is 0 Å². The van der Waals surface area contributed by atoms with E-state index in [-0.39, 0.29) is 5.91 Å². The van der Waals surface area contributed by atoms with E-state index in [2.05, 4.69) is 20.2 Å². The van der Waals surface area contributed by atoms with E-state index >= 15 is 0 Å². The van der Waals surface area contributed by atoms with Crippen LogP contribution in [0.1, 0.15) is 34.9 Å². The minimum absolute atomic E-state index is 0.00979. The second kappa shape index (κ2) is 6.31.